The van der Waals surface area contributed by atoms with E-state index in [1.807, 2.05) is 13.8 Å². The molecule has 0 aliphatic heterocycles. The van der Waals surface area contributed by atoms with Gasteiger partial charge in [0.15, 0.2) is 0 Å². The highest BCUT2D eigenvalue weighted by molar-refractivity contribution is 7.87. The lowest BCUT2D eigenvalue weighted by atomic mass is 10.4. The van der Waals surface area contributed by atoms with Gasteiger partial charge in [-0.1, -0.05) is 19.1 Å². The maximum absolute atomic E-state index is 12.0. The van der Waals surface area contributed by atoms with Crippen molar-refractivity contribution in [2.45, 2.75) is 26.8 Å². The molecule has 0 aliphatic carbocycles. The maximum Gasteiger partial charge on any atom is 0.282 e. The summed E-state index contributed by atoms with van der Waals surface area (Å²) in [6, 6.07) is -0.0876. The smallest absolute Gasteiger partial charge is 0.282 e. The molecule has 0 atom stereocenters. The summed E-state index contributed by atoms with van der Waals surface area (Å²) in [5, 5.41) is 0. The van der Waals surface area contributed by atoms with Crippen LogP contribution in [0.3, 0.4) is 0 Å². The largest absolute Gasteiger partial charge is 0.392 e. The van der Waals surface area contributed by atoms with Crippen molar-refractivity contribution in [3.8, 4) is 0 Å². The SMILES string of the molecule is CCN(CC(N)=S)S(=O)(=O)N(C)C(C)C. The summed E-state index contributed by atoms with van der Waals surface area (Å²) in [6.07, 6.45) is 0. The van der Waals surface area contributed by atoms with Gasteiger partial charge in [0.1, 0.15) is 0 Å². The molecule has 0 heterocycles. The molecule has 0 saturated carbocycles. The lowest BCUT2D eigenvalue weighted by Gasteiger charge is -2.28. The van der Waals surface area contributed by atoms with Gasteiger partial charge in [0.2, 0.25) is 0 Å². The molecule has 0 radical (unpaired) electrons. The summed E-state index contributed by atoms with van der Waals surface area (Å²) in [4.78, 5) is 0.178. The lowest BCUT2D eigenvalue weighted by Crippen LogP contribution is -2.47. The third-order valence-electron chi connectivity index (χ3n) is 2.10. The minimum absolute atomic E-state index is 0.0876. The van der Waals surface area contributed by atoms with E-state index in [2.05, 4.69) is 0 Å². The molecule has 0 aromatic carbocycles. The van der Waals surface area contributed by atoms with E-state index >= 15 is 0 Å². The van der Waals surface area contributed by atoms with Gasteiger partial charge in [-0.05, 0) is 13.8 Å². The zero-order chi connectivity index (χ0) is 12.2. The van der Waals surface area contributed by atoms with Gasteiger partial charge in [-0.2, -0.15) is 17.0 Å². The van der Waals surface area contributed by atoms with Crippen molar-refractivity contribution < 1.29 is 8.42 Å². The standard InChI is InChI=1S/C8H19N3O2S2/c1-5-11(6-8(9)14)15(12,13)10(4)7(2)3/h7H,5-6H2,1-4H3,(H2,9,14). The van der Waals surface area contributed by atoms with E-state index in [-0.39, 0.29) is 17.6 Å². The summed E-state index contributed by atoms with van der Waals surface area (Å²) in [7, 11) is -1.90. The Balaban J connectivity index is 4.89. The van der Waals surface area contributed by atoms with Crippen LogP contribution >= 0.6 is 12.2 Å². The Hall–Kier alpha value is -0.240. The number of likely N-dealkylation sites (N-methyl/N-ethyl adjacent to an activating group) is 1. The Kier molecular flexibility index (Phi) is 5.65. The van der Waals surface area contributed by atoms with Gasteiger partial charge in [0.05, 0.1) is 11.5 Å². The average Bonchev–Trinajstić information content (AvgIpc) is 2.11. The van der Waals surface area contributed by atoms with Crippen LogP contribution < -0.4 is 5.73 Å². The minimum Gasteiger partial charge on any atom is -0.392 e. The zero-order valence-electron chi connectivity index (χ0n) is 9.60. The van der Waals surface area contributed by atoms with E-state index in [0.717, 1.165) is 0 Å². The Bertz CT molecular complexity index is 314. The van der Waals surface area contributed by atoms with Crippen LogP contribution in [0.2, 0.25) is 0 Å². The summed E-state index contributed by atoms with van der Waals surface area (Å²) in [5.41, 5.74) is 5.35. The molecule has 5 nitrogen and oxygen atoms in total. The predicted octanol–water partition coefficient (Wildman–Crippen LogP) is 0.179. The molecule has 0 amide bonds. The van der Waals surface area contributed by atoms with Crippen LogP contribution in [0.25, 0.3) is 0 Å². The first-order valence-electron chi connectivity index (χ1n) is 4.74. The van der Waals surface area contributed by atoms with Crippen molar-refractivity contribution in [1.29, 1.82) is 0 Å². The minimum atomic E-state index is -3.45. The topological polar surface area (TPSA) is 66.6 Å². The fraction of sp³-hybridized carbons (Fsp3) is 0.875. The number of thiocarbonyl (C=S) groups is 1. The van der Waals surface area contributed by atoms with Crippen LogP contribution in [0.1, 0.15) is 20.8 Å². The van der Waals surface area contributed by atoms with Crippen LogP contribution in [-0.2, 0) is 10.2 Å². The lowest BCUT2D eigenvalue weighted by molar-refractivity contribution is 0.356. The zero-order valence-corrected chi connectivity index (χ0v) is 11.2. The van der Waals surface area contributed by atoms with Crippen molar-refractivity contribution in [1.82, 2.24) is 8.61 Å². The van der Waals surface area contributed by atoms with Gasteiger partial charge in [0.25, 0.3) is 10.2 Å². The first-order chi connectivity index (χ1) is 6.73. The first kappa shape index (κ1) is 14.8. The quantitative estimate of drug-likeness (QED) is 0.686. The third-order valence-corrected chi connectivity index (χ3v) is 4.42. The second-order valence-electron chi connectivity index (χ2n) is 3.51. The number of hydrogen-bond donors (Lipinski definition) is 1. The Morgan fingerprint density at radius 1 is 1.47 bits per heavy atom. The third kappa shape index (κ3) is 4.02. The fourth-order valence-corrected chi connectivity index (χ4v) is 2.74. The molecule has 90 valence electrons. The maximum atomic E-state index is 12.0. The molecule has 0 spiro atoms. The van der Waals surface area contributed by atoms with Gasteiger partial charge in [-0.25, -0.2) is 0 Å². The van der Waals surface area contributed by atoms with Crippen LogP contribution in [-0.4, -0.2) is 48.2 Å². The van der Waals surface area contributed by atoms with Crippen LogP contribution in [0.5, 0.6) is 0 Å². The summed E-state index contributed by atoms with van der Waals surface area (Å²) < 4.78 is 26.5. The van der Waals surface area contributed by atoms with Gasteiger partial charge in [-0.3, -0.25) is 0 Å². The number of nitrogens with two attached hydrogens (primary N) is 1. The van der Waals surface area contributed by atoms with Crippen LogP contribution in [0.15, 0.2) is 0 Å². The molecule has 0 aromatic rings. The molecule has 0 unspecified atom stereocenters. The molecule has 0 rings (SSSR count). The van der Waals surface area contributed by atoms with Crippen LogP contribution in [0, 0.1) is 0 Å². The van der Waals surface area contributed by atoms with Gasteiger partial charge < -0.3 is 5.73 Å². The summed E-state index contributed by atoms with van der Waals surface area (Å²) in [6.45, 7) is 5.82. The van der Waals surface area contributed by atoms with Crippen LogP contribution in [0.4, 0.5) is 0 Å². The van der Waals surface area contributed by atoms with Crippen molar-refractivity contribution in [3.05, 3.63) is 0 Å². The highest BCUT2D eigenvalue weighted by Crippen LogP contribution is 2.09. The number of rotatable bonds is 6. The molecule has 2 N–H and O–H groups in total. The summed E-state index contributed by atoms with van der Waals surface area (Å²) in [5.74, 6) is 0. The average molecular weight is 253 g/mol. The molecule has 0 aliphatic rings. The van der Waals surface area contributed by atoms with Gasteiger partial charge in [-0.15, -0.1) is 0 Å². The molecule has 0 bridgehead atoms. The second-order valence-corrected chi connectivity index (χ2v) is 6.02. The van der Waals surface area contributed by atoms with E-state index in [9.17, 15) is 8.42 Å². The highest BCUT2D eigenvalue weighted by atomic mass is 32.2. The van der Waals surface area contributed by atoms with Gasteiger partial charge >= 0.3 is 0 Å². The van der Waals surface area contributed by atoms with E-state index < -0.39 is 10.2 Å². The highest BCUT2D eigenvalue weighted by Gasteiger charge is 2.27. The van der Waals surface area contributed by atoms with E-state index in [1.54, 1.807) is 14.0 Å². The van der Waals surface area contributed by atoms with E-state index in [0.29, 0.717) is 6.54 Å². The number of nitrogens with zero attached hydrogens (tertiary/aromatic N) is 2. The Labute approximate surface area is 97.4 Å². The normalized spacial score (nSPS) is 12.7. The van der Waals surface area contributed by atoms with Gasteiger partial charge in [0, 0.05) is 19.6 Å². The second kappa shape index (κ2) is 5.74. The molecule has 0 fully saturated rings. The monoisotopic (exact) mass is 253 g/mol. The number of hydrogen-bond acceptors (Lipinski definition) is 3. The summed E-state index contributed by atoms with van der Waals surface area (Å²) >= 11 is 4.71. The van der Waals surface area contributed by atoms with Crippen molar-refractivity contribution in [2.24, 2.45) is 5.73 Å². The fourth-order valence-electron chi connectivity index (χ4n) is 0.979. The van der Waals surface area contributed by atoms with Crippen molar-refractivity contribution in [2.75, 3.05) is 20.1 Å². The molecule has 0 saturated heterocycles. The molecule has 7 heteroatoms. The van der Waals surface area contributed by atoms with E-state index in [4.69, 9.17) is 18.0 Å². The van der Waals surface area contributed by atoms with E-state index in [1.165, 1.54) is 8.61 Å². The molecular formula is C8H19N3O2S2. The first-order valence-corrected chi connectivity index (χ1v) is 6.55. The molecular weight excluding hydrogens is 234 g/mol. The van der Waals surface area contributed by atoms with Crippen molar-refractivity contribution >= 4 is 27.4 Å². The Morgan fingerprint density at radius 2 is 1.93 bits per heavy atom. The van der Waals surface area contributed by atoms with Crippen molar-refractivity contribution in [3.63, 3.8) is 0 Å². The predicted molar refractivity (Wildman–Crippen MR) is 65.9 cm³/mol. The molecule has 0 aromatic heterocycles. The Morgan fingerprint density at radius 3 is 2.20 bits per heavy atom. The molecule has 15 heavy (non-hydrogen) atoms.